The lowest BCUT2D eigenvalue weighted by atomic mass is 10.1. The van der Waals surface area contributed by atoms with Gasteiger partial charge in [0, 0.05) is 12.7 Å². The van der Waals surface area contributed by atoms with Crippen LogP contribution in [0.1, 0.15) is 24.7 Å². The molecule has 0 saturated carbocycles. The van der Waals surface area contributed by atoms with Crippen molar-refractivity contribution in [3.8, 4) is 0 Å². The second-order valence-electron chi connectivity index (χ2n) is 4.33. The third kappa shape index (κ3) is 3.77. The molecule has 0 fully saturated rings. The molecule has 98 valence electrons. The van der Waals surface area contributed by atoms with Gasteiger partial charge in [-0.2, -0.15) is 0 Å². The van der Waals surface area contributed by atoms with Gasteiger partial charge in [-0.15, -0.1) is 0 Å². The number of hydrogen-bond acceptors (Lipinski definition) is 3. The minimum atomic E-state index is -0.380. The molecule has 0 aromatic carbocycles. The molecule has 1 heterocycles. The summed E-state index contributed by atoms with van der Waals surface area (Å²) in [7, 11) is 1.74. The van der Waals surface area contributed by atoms with Crippen LogP contribution >= 0.6 is 12.2 Å². The topological polar surface area (TPSA) is 59.2 Å². The lowest BCUT2D eigenvalue weighted by Crippen LogP contribution is -2.38. The molecule has 0 aliphatic rings. The van der Waals surface area contributed by atoms with Crippen LogP contribution in [0.3, 0.4) is 0 Å². The minimum Gasteiger partial charge on any atom is -0.393 e. The Morgan fingerprint density at radius 1 is 1.56 bits per heavy atom. The predicted molar refractivity (Wildman–Crippen MR) is 76.0 cm³/mol. The van der Waals surface area contributed by atoms with Gasteiger partial charge in [0.1, 0.15) is 0 Å². The van der Waals surface area contributed by atoms with Crippen LogP contribution in [0.25, 0.3) is 0 Å². The van der Waals surface area contributed by atoms with Crippen molar-refractivity contribution in [2.45, 2.75) is 26.8 Å². The van der Waals surface area contributed by atoms with E-state index < -0.39 is 0 Å². The van der Waals surface area contributed by atoms with Crippen LogP contribution in [0.15, 0.2) is 18.2 Å². The molecule has 1 amide bonds. The molecule has 5 heteroatoms. The van der Waals surface area contributed by atoms with Gasteiger partial charge < -0.3 is 10.6 Å². The van der Waals surface area contributed by atoms with Crippen LogP contribution in [0, 0.1) is 12.8 Å². The molecule has 1 unspecified atom stereocenters. The standard InChI is InChI=1S/C13H19N3OS/c1-4-11(12(14)18)13(17)16(3)8-10-7-5-6-9(2)15-10/h5-7,11H,4,8H2,1-3H3,(H2,14,18). The molecule has 0 spiro atoms. The molecule has 0 saturated heterocycles. The molecule has 1 rings (SSSR count). The van der Waals surface area contributed by atoms with Crippen molar-refractivity contribution < 1.29 is 4.79 Å². The monoisotopic (exact) mass is 265 g/mol. The number of carbonyl (C=O) groups excluding carboxylic acids is 1. The quantitative estimate of drug-likeness (QED) is 0.823. The van der Waals surface area contributed by atoms with Crippen LogP contribution in [-0.4, -0.2) is 27.8 Å². The fraction of sp³-hybridized carbons (Fsp3) is 0.462. The molecular formula is C13H19N3OS. The maximum atomic E-state index is 12.1. The van der Waals surface area contributed by atoms with E-state index in [1.165, 1.54) is 0 Å². The molecular weight excluding hydrogens is 246 g/mol. The Labute approximate surface area is 113 Å². The summed E-state index contributed by atoms with van der Waals surface area (Å²) in [6, 6.07) is 5.76. The number of aromatic nitrogens is 1. The zero-order valence-electron chi connectivity index (χ0n) is 11.0. The number of pyridine rings is 1. The normalized spacial score (nSPS) is 11.9. The first-order valence-electron chi connectivity index (χ1n) is 5.92. The van der Waals surface area contributed by atoms with Crippen LogP contribution in [0.2, 0.25) is 0 Å². The number of rotatable bonds is 5. The van der Waals surface area contributed by atoms with E-state index in [-0.39, 0.29) is 16.8 Å². The van der Waals surface area contributed by atoms with E-state index in [0.29, 0.717) is 13.0 Å². The molecule has 0 aliphatic heterocycles. The highest BCUT2D eigenvalue weighted by Gasteiger charge is 2.23. The van der Waals surface area contributed by atoms with Gasteiger partial charge in [-0.05, 0) is 25.5 Å². The van der Waals surface area contributed by atoms with Crippen molar-refractivity contribution >= 4 is 23.1 Å². The first-order valence-corrected chi connectivity index (χ1v) is 6.33. The molecule has 1 atom stereocenters. The summed E-state index contributed by atoms with van der Waals surface area (Å²) >= 11 is 4.91. The van der Waals surface area contributed by atoms with Crippen LogP contribution < -0.4 is 5.73 Å². The summed E-state index contributed by atoms with van der Waals surface area (Å²) in [6.45, 7) is 4.30. The summed E-state index contributed by atoms with van der Waals surface area (Å²) in [5, 5.41) is 0. The van der Waals surface area contributed by atoms with Crippen molar-refractivity contribution in [2.24, 2.45) is 11.7 Å². The number of carbonyl (C=O) groups is 1. The zero-order valence-corrected chi connectivity index (χ0v) is 11.8. The summed E-state index contributed by atoms with van der Waals surface area (Å²) in [6.07, 6.45) is 0.625. The smallest absolute Gasteiger partial charge is 0.232 e. The van der Waals surface area contributed by atoms with Crippen LogP contribution in [-0.2, 0) is 11.3 Å². The predicted octanol–water partition coefficient (Wildman–Crippen LogP) is 1.66. The second kappa shape index (κ2) is 6.44. The lowest BCUT2D eigenvalue weighted by molar-refractivity contribution is -0.132. The minimum absolute atomic E-state index is 0.0479. The second-order valence-corrected chi connectivity index (χ2v) is 4.80. The number of aryl methyl sites for hydroxylation is 1. The average Bonchev–Trinajstić information content (AvgIpc) is 2.29. The van der Waals surface area contributed by atoms with E-state index in [1.807, 2.05) is 32.0 Å². The van der Waals surface area contributed by atoms with Crippen LogP contribution in [0.4, 0.5) is 0 Å². The molecule has 1 aromatic rings. The van der Waals surface area contributed by atoms with Gasteiger partial charge in [-0.1, -0.05) is 25.2 Å². The van der Waals surface area contributed by atoms with E-state index in [2.05, 4.69) is 4.98 Å². The van der Waals surface area contributed by atoms with Gasteiger partial charge in [0.2, 0.25) is 5.91 Å². The van der Waals surface area contributed by atoms with Gasteiger partial charge in [0.15, 0.2) is 0 Å². The van der Waals surface area contributed by atoms with Gasteiger partial charge in [0.05, 0.1) is 23.1 Å². The third-order valence-corrected chi connectivity index (χ3v) is 3.06. The number of nitrogens with zero attached hydrogens (tertiary/aromatic N) is 2. The number of nitrogens with two attached hydrogens (primary N) is 1. The largest absolute Gasteiger partial charge is 0.393 e. The van der Waals surface area contributed by atoms with Gasteiger partial charge in [-0.3, -0.25) is 9.78 Å². The molecule has 0 aliphatic carbocycles. The van der Waals surface area contributed by atoms with E-state index >= 15 is 0 Å². The Morgan fingerprint density at radius 3 is 2.72 bits per heavy atom. The fourth-order valence-electron chi connectivity index (χ4n) is 1.77. The van der Waals surface area contributed by atoms with E-state index in [0.717, 1.165) is 11.4 Å². The van der Waals surface area contributed by atoms with E-state index in [1.54, 1.807) is 11.9 Å². The molecule has 2 N–H and O–H groups in total. The first kappa shape index (κ1) is 14.6. The molecule has 1 aromatic heterocycles. The molecule has 4 nitrogen and oxygen atoms in total. The molecule has 0 bridgehead atoms. The van der Waals surface area contributed by atoms with Crippen molar-refractivity contribution in [3.05, 3.63) is 29.6 Å². The van der Waals surface area contributed by atoms with Crippen molar-refractivity contribution in [1.82, 2.24) is 9.88 Å². The highest BCUT2D eigenvalue weighted by atomic mass is 32.1. The van der Waals surface area contributed by atoms with E-state index in [4.69, 9.17) is 18.0 Å². The SMILES string of the molecule is CCC(C(=O)N(C)Cc1cccc(C)n1)C(N)=S. The Morgan fingerprint density at radius 2 is 2.22 bits per heavy atom. The Hall–Kier alpha value is -1.49. The highest BCUT2D eigenvalue weighted by molar-refractivity contribution is 7.80. The third-order valence-electron chi connectivity index (χ3n) is 2.77. The van der Waals surface area contributed by atoms with E-state index in [9.17, 15) is 4.79 Å². The average molecular weight is 265 g/mol. The maximum absolute atomic E-state index is 12.1. The Balaban J connectivity index is 2.73. The fourth-order valence-corrected chi connectivity index (χ4v) is 2.04. The number of hydrogen-bond donors (Lipinski definition) is 1. The van der Waals surface area contributed by atoms with Gasteiger partial charge in [0.25, 0.3) is 0 Å². The first-order chi connectivity index (χ1) is 8.45. The lowest BCUT2D eigenvalue weighted by Gasteiger charge is -2.22. The van der Waals surface area contributed by atoms with Crippen molar-refractivity contribution in [3.63, 3.8) is 0 Å². The summed E-state index contributed by atoms with van der Waals surface area (Å²) in [5.41, 5.74) is 7.38. The number of amides is 1. The zero-order chi connectivity index (χ0) is 13.7. The van der Waals surface area contributed by atoms with Crippen molar-refractivity contribution in [2.75, 3.05) is 7.05 Å². The highest BCUT2D eigenvalue weighted by Crippen LogP contribution is 2.10. The number of thiocarbonyl (C=S) groups is 1. The van der Waals surface area contributed by atoms with Crippen molar-refractivity contribution in [1.29, 1.82) is 0 Å². The molecule has 0 radical (unpaired) electrons. The van der Waals surface area contributed by atoms with Crippen LogP contribution in [0.5, 0.6) is 0 Å². The Kier molecular flexibility index (Phi) is 5.22. The summed E-state index contributed by atoms with van der Waals surface area (Å²) in [4.78, 5) is 18.4. The molecule has 18 heavy (non-hydrogen) atoms. The Bertz CT molecular complexity index is 448. The van der Waals surface area contributed by atoms with Gasteiger partial charge in [-0.25, -0.2) is 0 Å². The summed E-state index contributed by atoms with van der Waals surface area (Å²) in [5.74, 6) is -0.428. The van der Waals surface area contributed by atoms with Gasteiger partial charge >= 0.3 is 0 Å². The maximum Gasteiger partial charge on any atom is 0.232 e. The summed E-state index contributed by atoms with van der Waals surface area (Å²) < 4.78 is 0.